The van der Waals surface area contributed by atoms with Crippen LogP contribution in [0.4, 0.5) is 5.69 Å². The molecule has 1 saturated heterocycles. The van der Waals surface area contributed by atoms with Gasteiger partial charge >= 0.3 is 5.97 Å². The highest BCUT2D eigenvalue weighted by molar-refractivity contribution is 7.89. The lowest BCUT2D eigenvalue weighted by Crippen LogP contribution is -2.40. The summed E-state index contributed by atoms with van der Waals surface area (Å²) in [6.45, 7) is 0.348. The van der Waals surface area contributed by atoms with Crippen molar-refractivity contribution >= 4 is 45.3 Å². The van der Waals surface area contributed by atoms with E-state index in [1.54, 1.807) is 36.4 Å². The lowest BCUT2D eigenvalue weighted by molar-refractivity contribution is -0.142. The molecule has 2 aromatic carbocycles. The van der Waals surface area contributed by atoms with E-state index in [4.69, 9.17) is 21.1 Å². The van der Waals surface area contributed by atoms with E-state index in [2.05, 4.69) is 5.32 Å². The third kappa shape index (κ3) is 6.40. The third-order valence-electron chi connectivity index (χ3n) is 4.61. The lowest BCUT2D eigenvalue weighted by Gasteiger charge is -2.26. The Morgan fingerprint density at radius 3 is 2.55 bits per heavy atom. The molecule has 0 bridgehead atoms. The fourth-order valence-corrected chi connectivity index (χ4v) is 4.54. The van der Waals surface area contributed by atoms with Crippen molar-refractivity contribution in [2.24, 2.45) is 0 Å². The number of sulfonamides is 1. The third-order valence-corrected chi connectivity index (χ3v) is 6.83. The number of nitrogens with zero attached hydrogens (tertiary/aromatic N) is 2. The number of hydrogen-bond donors (Lipinski definition) is 1. The van der Waals surface area contributed by atoms with Gasteiger partial charge in [0.1, 0.15) is 11.6 Å². The van der Waals surface area contributed by atoms with Gasteiger partial charge in [0.15, 0.2) is 6.61 Å². The summed E-state index contributed by atoms with van der Waals surface area (Å²) < 4.78 is 37.0. The molecular formula is C22H20ClN3O6S. The predicted molar refractivity (Wildman–Crippen MR) is 121 cm³/mol. The van der Waals surface area contributed by atoms with Gasteiger partial charge in [0, 0.05) is 13.1 Å². The van der Waals surface area contributed by atoms with Gasteiger partial charge in [-0.15, -0.1) is 0 Å². The number of morpholine rings is 1. The van der Waals surface area contributed by atoms with E-state index in [1.807, 2.05) is 0 Å². The first-order valence-corrected chi connectivity index (χ1v) is 11.6. The molecule has 0 spiro atoms. The van der Waals surface area contributed by atoms with E-state index >= 15 is 0 Å². The summed E-state index contributed by atoms with van der Waals surface area (Å²) >= 11 is 6.10. The second kappa shape index (κ2) is 11.1. The Kier molecular flexibility index (Phi) is 8.19. The number of nitrogens with one attached hydrogen (secondary N) is 1. The first-order valence-electron chi connectivity index (χ1n) is 9.82. The summed E-state index contributed by atoms with van der Waals surface area (Å²) in [6, 6.07) is 14.4. The van der Waals surface area contributed by atoms with Crippen molar-refractivity contribution in [2.45, 2.75) is 4.90 Å². The van der Waals surface area contributed by atoms with Crippen molar-refractivity contribution < 1.29 is 27.5 Å². The number of esters is 1. The van der Waals surface area contributed by atoms with Crippen LogP contribution in [0, 0.1) is 11.3 Å². The van der Waals surface area contributed by atoms with Gasteiger partial charge in [-0.2, -0.15) is 9.57 Å². The molecule has 33 heavy (non-hydrogen) atoms. The fraction of sp³-hybridized carbons (Fsp3) is 0.227. The van der Waals surface area contributed by atoms with Gasteiger partial charge in [-0.3, -0.25) is 4.79 Å². The second-order valence-corrected chi connectivity index (χ2v) is 9.21. The molecule has 1 amide bonds. The molecule has 1 heterocycles. The van der Waals surface area contributed by atoms with E-state index in [1.165, 1.54) is 28.6 Å². The first kappa shape index (κ1) is 24.4. The SMILES string of the molecule is N#CC(=Cc1ccccc1)C(=O)OCC(=O)Nc1cc(S(=O)(=O)N2CCOCC2)ccc1Cl. The minimum absolute atomic E-state index is 0.0429. The molecular weight excluding hydrogens is 470 g/mol. The maximum absolute atomic E-state index is 12.8. The van der Waals surface area contributed by atoms with Crippen LogP contribution in [0.15, 0.2) is 59.0 Å². The lowest BCUT2D eigenvalue weighted by atomic mass is 10.1. The number of carbonyl (C=O) groups excluding carboxylic acids is 2. The quantitative estimate of drug-likeness (QED) is 0.359. The summed E-state index contributed by atoms with van der Waals surface area (Å²) in [6.07, 6.45) is 1.34. The molecule has 11 heteroatoms. The number of amides is 1. The van der Waals surface area contributed by atoms with Gasteiger partial charge in [0.05, 0.1) is 28.8 Å². The number of hydrogen-bond acceptors (Lipinski definition) is 7. The first-order chi connectivity index (χ1) is 15.8. The number of carbonyl (C=O) groups is 2. The summed E-state index contributed by atoms with van der Waals surface area (Å²) in [5, 5.41) is 11.7. The van der Waals surface area contributed by atoms with Crippen LogP contribution in [-0.2, 0) is 29.1 Å². The van der Waals surface area contributed by atoms with Crippen molar-refractivity contribution in [3.8, 4) is 6.07 Å². The zero-order valence-corrected chi connectivity index (χ0v) is 18.9. The predicted octanol–water partition coefficient (Wildman–Crippen LogP) is 2.45. The van der Waals surface area contributed by atoms with E-state index in [-0.39, 0.29) is 34.3 Å². The molecule has 3 rings (SSSR count). The molecule has 1 aliphatic rings. The normalized spacial score (nSPS) is 14.8. The molecule has 0 aliphatic carbocycles. The van der Waals surface area contributed by atoms with Gasteiger partial charge in [-0.05, 0) is 29.8 Å². The number of halogens is 1. The van der Waals surface area contributed by atoms with Crippen LogP contribution >= 0.6 is 11.6 Å². The van der Waals surface area contributed by atoms with Gasteiger partial charge < -0.3 is 14.8 Å². The number of benzene rings is 2. The number of ether oxygens (including phenoxy) is 2. The van der Waals surface area contributed by atoms with Crippen molar-refractivity contribution in [1.82, 2.24) is 4.31 Å². The fourth-order valence-electron chi connectivity index (χ4n) is 2.94. The van der Waals surface area contributed by atoms with E-state index in [9.17, 15) is 23.3 Å². The molecule has 0 unspecified atom stereocenters. The zero-order chi connectivity index (χ0) is 23.8. The molecule has 0 aromatic heterocycles. The highest BCUT2D eigenvalue weighted by Gasteiger charge is 2.27. The van der Waals surface area contributed by atoms with Gasteiger partial charge in [-0.1, -0.05) is 41.9 Å². The van der Waals surface area contributed by atoms with Crippen molar-refractivity contribution in [1.29, 1.82) is 5.26 Å². The van der Waals surface area contributed by atoms with Gasteiger partial charge in [0.2, 0.25) is 10.0 Å². The topological polar surface area (TPSA) is 126 Å². The van der Waals surface area contributed by atoms with Crippen LogP contribution in [0.3, 0.4) is 0 Å². The van der Waals surface area contributed by atoms with Crippen LogP contribution < -0.4 is 5.32 Å². The zero-order valence-electron chi connectivity index (χ0n) is 17.4. The van der Waals surface area contributed by atoms with E-state index in [0.717, 1.165) is 0 Å². The Bertz CT molecular complexity index is 1200. The monoisotopic (exact) mass is 489 g/mol. The number of nitriles is 1. The van der Waals surface area contributed by atoms with Crippen LogP contribution in [0.1, 0.15) is 5.56 Å². The molecule has 0 radical (unpaired) electrons. The molecule has 0 atom stereocenters. The molecule has 9 nitrogen and oxygen atoms in total. The Morgan fingerprint density at radius 1 is 1.18 bits per heavy atom. The standard InChI is InChI=1S/C22H20ClN3O6S/c23-19-7-6-18(33(29,30)26-8-10-31-11-9-26)13-20(19)25-21(27)15-32-22(28)17(14-24)12-16-4-2-1-3-5-16/h1-7,12-13H,8-11,15H2,(H,25,27). The average molecular weight is 490 g/mol. The van der Waals surface area contributed by atoms with Crippen molar-refractivity contribution in [3.05, 3.63) is 64.7 Å². The summed E-state index contributed by atoms with van der Waals surface area (Å²) in [7, 11) is -3.79. The van der Waals surface area contributed by atoms with E-state index < -0.39 is 28.5 Å². The molecule has 172 valence electrons. The van der Waals surface area contributed by atoms with Crippen molar-refractivity contribution in [2.75, 3.05) is 38.2 Å². The second-order valence-electron chi connectivity index (χ2n) is 6.86. The highest BCUT2D eigenvalue weighted by Crippen LogP contribution is 2.27. The smallest absolute Gasteiger partial charge is 0.349 e. The summed E-state index contributed by atoms with van der Waals surface area (Å²) in [5.74, 6) is -1.71. The average Bonchev–Trinajstić information content (AvgIpc) is 2.83. The van der Waals surface area contributed by atoms with Crippen LogP contribution in [0.2, 0.25) is 5.02 Å². The van der Waals surface area contributed by atoms with Gasteiger partial charge in [-0.25, -0.2) is 13.2 Å². The van der Waals surface area contributed by atoms with Crippen LogP contribution in [-0.4, -0.2) is 57.5 Å². The maximum atomic E-state index is 12.8. The molecule has 1 fully saturated rings. The minimum atomic E-state index is -3.79. The van der Waals surface area contributed by atoms with Crippen molar-refractivity contribution in [3.63, 3.8) is 0 Å². The van der Waals surface area contributed by atoms with E-state index in [0.29, 0.717) is 18.8 Å². The molecule has 0 saturated carbocycles. The Hall–Kier alpha value is -3.23. The Balaban J connectivity index is 1.65. The Labute approximate surface area is 196 Å². The molecule has 2 aromatic rings. The maximum Gasteiger partial charge on any atom is 0.349 e. The number of rotatable bonds is 7. The highest BCUT2D eigenvalue weighted by atomic mass is 35.5. The Morgan fingerprint density at radius 2 is 1.88 bits per heavy atom. The van der Waals surface area contributed by atoms with Gasteiger partial charge in [0.25, 0.3) is 5.91 Å². The molecule has 1 N–H and O–H groups in total. The largest absolute Gasteiger partial charge is 0.451 e. The molecule has 1 aliphatic heterocycles. The number of anilines is 1. The van der Waals surface area contributed by atoms with Crippen LogP contribution in [0.25, 0.3) is 6.08 Å². The summed E-state index contributed by atoms with van der Waals surface area (Å²) in [4.78, 5) is 24.4. The summed E-state index contributed by atoms with van der Waals surface area (Å²) in [5.41, 5.74) is 0.401. The minimum Gasteiger partial charge on any atom is -0.451 e. The van der Waals surface area contributed by atoms with Crippen LogP contribution in [0.5, 0.6) is 0 Å².